The largest absolute Gasteiger partial charge is 0.481 e. The number of nitrogens with two attached hydrogens (primary N) is 2. The Hall–Kier alpha value is -2.83. The van der Waals surface area contributed by atoms with Crippen molar-refractivity contribution >= 4 is 17.3 Å². The molecule has 0 fully saturated rings. The lowest BCUT2D eigenvalue weighted by Gasteiger charge is -2.12. The van der Waals surface area contributed by atoms with E-state index in [1.54, 1.807) is 12.3 Å². The van der Waals surface area contributed by atoms with Crippen LogP contribution in [0.3, 0.4) is 0 Å². The summed E-state index contributed by atoms with van der Waals surface area (Å²) in [7, 11) is 1.52. The van der Waals surface area contributed by atoms with Gasteiger partial charge in [-0.25, -0.2) is 9.97 Å². The summed E-state index contributed by atoms with van der Waals surface area (Å²) in [4.78, 5) is 11.8. The van der Waals surface area contributed by atoms with Crippen LogP contribution in [-0.4, -0.2) is 22.1 Å². The fourth-order valence-electron chi connectivity index (χ4n) is 1.53. The molecule has 0 radical (unpaired) electrons. The van der Waals surface area contributed by atoms with Crippen molar-refractivity contribution in [3.8, 4) is 17.4 Å². The van der Waals surface area contributed by atoms with E-state index in [2.05, 4.69) is 21.5 Å². The number of nitrogens with zero attached hydrogens (tertiary/aromatic N) is 3. The Balaban J connectivity index is 2.43. The average molecular weight is 273 g/mol. The third-order valence-corrected chi connectivity index (χ3v) is 2.53. The van der Waals surface area contributed by atoms with Gasteiger partial charge in [0, 0.05) is 17.8 Å². The van der Waals surface area contributed by atoms with Gasteiger partial charge in [0.2, 0.25) is 11.8 Å². The lowest BCUT2D eigenvalue weighted by Crippen LogP contribution is -2.02. The number of anilines is 2. The first-order valence-corrected chi connectivity index (χ1v) is 5.77. The van der Waals surface area contributed by atoms with Crippen LogP contribution in [0.2, 0.25) is 0 Å². The predicted octanol–water partition coefficient (Wildman–Crippen LogP) is 1.87. The fraction of sp³-hybridized carbons (Fsp3) is 0.154. The van der Waals surface area contributed by atoms with Gasteiger partial charge >= 0.3 is 0 Å². The molecule has 0 atom stereocenters. The number of ether oxygens (including phenoxy) is 2. The van der Waals surface area contributed by atoms with E-state index in [4.69, 9.17) is 20.9 Å². The van der Waals surface area contributed by atoms with Crippen LogP contribution in [0.5, 0.6) is 17.4 Å². The van der Waals surface area contributed by atoms with E-state index in [-0.39, 0.29) is 11.8 Å². The van der Waals surface area contributed by atoms with Gasteiger partial charge in [0.1, 0.15) is 5.75 Å². The zero-order valence-corrected chi connectivity index (χ0v) is 11.3. The minimum absolute atomic E-state index is 0.0854. The summed E-state index contributed by atoms with van der Waals surface area (Å²) < 4.78 is 10.8. The highest BCUT2D eigenvalue weighted by atomic mass is 16.5. The number of methoxy groups -OCH3 is 1. The zero-order chi connectivity index (χ0) is 14.7. The number of nitrogen functional groups attached to an aromatic ring is 2. The third-order valence-electron chi connectivity index (χ3n) is 2.53. The van der Waals surface area contributed by atoms with Gasteiger partial charge in [-0.3, -0.25) is 0 Å². The molecule has 0 aliphatic rings. The van der Waals surface area contributed by atoms with Gasteiger partial charge in [-0.05, 0) is 12.5 Å². The summed E-state index contributed by atoms with van der Waals surface area (Å²) >= 11 is 0. The van der Waals surface area contributed by atoms with E-state index < -0.39 is 0 Å². The Morgan fingerprint density at radius 3 is 2.55 bits per heavy atom. The van der Waals surface area contributed by atoms with Crippen molar-refractivity contribution < 1.29 is 9.47 Å². The second-order valence-corrected chi connectivity index (χ2v) is 4.08. The molecule has 0 spiro atoms. The molecule has 2 rings (SSSR count). The summed E-state index contributed by atoms with van der Waals surface area (Å²) in [6.07, 6.45) is 3.03. The number of hydrogen-bond donors (Lipinski definition) is 2. The standard InChI is InChI=1S/C13H15N5O2/c1-7(2)8-5-16-11(19-3)4-9(8)20-10-6-17-13(15)18-12(10)14/h4-6H,1H2,2-3H3,(H4,14,15,17,18). The van der Waals surface area contributed by atoms with Crippen LogP contribution in [0, 0.1) is 0 Å². The topological polar surface area (TPSA) is 109 Å². The van der Waals surface area contributed by atoms with Crippen molar-refractivity contribution in [1.82, 2.24) is 15.0 Å². The average Bonchev–Trinajstić information content (AvgIpc) is 2.41. The van der Waals surface area contributed by atoms with Crippen LogP contribution in [0.4, 0.5) is 11.8 Å². The van der Waals surface area contributed by atoms with Crippen molar-refractivity contribution in [2.75, 3.05) is 18.6 Å². The van der Waals surface area contributed by atoms with Crippen LogP contribution in [0.25, 0.3) is 5.57 Å². The lowest BCUT2D eigenvalue weighted by molar-refractivity contribution is 0.392. The molecule has 20 heavy (non-hydrogen) atoms. The van der Waals surface area contributed by atoms with Crippen molar-refractivity contribution in [3.63, 3.8) is 0 Å². The molecule has 2 aromatic rings. The maximum absolute atomic E-state index is 5.74. The molecule has 0 amide bonds. The van der Waals surface area contributed by atoms with Crippen LogP contribution in [0.1, 0.15) is 12.5 Å². The van der Waals surface area contributed by atoms with Gasteiger partial charge in [0.05, 0.1) is 13.3 Å². The van der Waals surface area contributed by atoms with Gasteiger partial charge in [-0.15, -0.1) is 0 Å². The molecular formula is C13H15N5O2. The van der Waals surface area contributed by atoms with Crippen molar-refractivity contribution in [2.45, 2.75) is 6.92 Å². The second kappa shape index (κ2) is 5.43. The van der Waals surface area contributed by atoms with Crippen LogP contribution < -0.4 is 20.9 Å². The van der Waals surface area contributed by atoms with Crippen LogP contribution in [-0.2, 0) is 0 Å². The molecule has 0 saturated carbocycles. The molecular weight excluding hydrogens is 258 g/mol. The summed E-state index contributed by atoms with van der Waals surface area (Å²) in [5.41, 5.74) is 12.7. The van der Waals surface area contributed by atoms with Gasteiger partial charge in [0.25, 0.3) is 0 Å². The molecule has 0 aliphatic carbocycles. The van der Waals surface area contributed by atoms with E-state index in [0.717, 1.165) is 11.1 Å². The van der Waals surface area contributed by atoms with Crippen molar-refractivity contribution in [3.05, 3.63) is 30.6 Å². The third kappa shape index (κ3) is 2.77. The number of allylic oxidation sites excluding steroid dienone is 1. The molecule has 2 heterocycles. The van der Waals surface area contributed by atoms with Gasteiger partial charge in [-0.1, -0.05) is 6.58 Å². The lowest BCUT2D eigenvalue weighted by atomic mass is 10.1. The minimum Gasteiger partial charge on any atom is -0.481 e. The Morgan fingerprint density at radius 1 is 1.20 bits per heavy atom. The monoisotopic (exact) mass is 273 g/mol. The number of hydrogen-bond acceptors (Lipinski definition) is 7. The highest BCUT2D eigenvalue weighted by Gasteiger charge is 2.12. The summed E-state index contributed by atoms with van der Waals surface area (Å²) in [6.45, 7) is 5.72. The Labute approximate surface area is 116 Å². The summed E-state index contributed by atoms with van der Waals surface area (Å²) in [5.74, 6) is 1.46. The van der Waals surface area contributed by atoms with Crippen LogP contribution >= 0.6 is 0 Å². The molecule has 0 unspecified atom stereocenters. The molecule has 0 saturated heterocycles. The molecule has 0 aliphatic heterocycles. The molecule has 7 nitrogen and oxygen atoms in total. The molecule has 104 valence electrons. The highest BCUT2D eigenvalue weighted by Crippen LogP contribution is 2.33. The van der Waals surface area contributed by atoms with E-state index in [1.165, 1.54) is 13.3 Å². The van der Waals surface area contributed by atoms with E-state index in [0.29, 0.717) is 17.4 Å². The first kappa shape index (κ1) is 13.6. The van der Waals surface area contributed by atoms with Crippen molar-refractivity contribution in [2.24, 2.45) is 0 Å². The molecule has 4 N–H and O–H groups in total. The molecule has 0 bridgehead atoms. The first-order chi connectivity index (χ1) is 9.51. The maximum Gasteiger partial charge on any atom is 0.222 e. The number of aromatic nitrogens is 3. The van der Waals surface area contributed by atoms with Gasteiger partial charge in [0.15, 0.2) is 11.6 Å². The number of pyridine rings is 1. The second-order valence-electron chi connectivity index (χ2n) is 4.08. The van der Waals surface area contributed by atoms with Gasteiger partial charge in [-0.2, -0.15) is 4.98 Å². The molecule has 7 heteroatoms. The highest BCUT2D eigenvalue weighted by molar-refractivity contribution is 5.67. The SMILES string of the molecule is C=C(C)c1cnc(OC)cc1Oc1cnc(N)nc1N. The molecule has 2 aromatic heterocycles. The Morgan fingerprint density at radius 2 is 1.95 bits per heavy atom. The fourth-order valence-corrected chi connectivity index (χ4v) is 1.53. The van der Waals surface area contributed by atoms with E-state index >= 15 is 0 Å². The smallest absolute Gasteiger partial charge is 0.222 e. The van der Waals surface area contributed by atoms with E-state index in [9.17, 15) is 0 Å². The Kier molecular flexibility index (Phi) is 3.69. The van der Waals surface area contributed by atoms with E-state index in [1.807, 2.05) is 6.92 Å². The Bertz CT molecular complexity index is 657. The predicted molar refractivity (Wildman–Crippen MR) is 76.4 cm³/mol. The van der Waals surface area contributed by atoms with Gasteiger partial charge < -0.3 is 20.9 Å². The van der Waals surface area contributed by atoms with Crippen molar-refractivity contribution in [1.29, 1.82) is 0 Å². The zero-order valence-electron chi connectivity index (χ0n) is 11.3. The quantitative estimate of drug-likeness (QED) is 0.875. The maximum atomic E-state index is 5.74. The normalized spacial score (nSPS) is 10.1. The molecule has 0 aromatic carbocycles. The van der Waals surface area contributed by atoms with Crippen LogP contribution in [0.15, 0.2) is 25.0 Å². The first-order valence-electron chi connectivity index (χ1n) is 5.77. The summed E-state index contributed by atoms with van der Waals surface area (Å²) in [6, 6.07) is 1.64. The number of rotatable bonds is 4. The minimum atomic E-state index is 0.0854. The summed E-state index contributed by atoms with van der Waals surface area (Å²) in [5, 5.41) is 0.